The molecule has 0 radical (unpaired) electrons. The average molecular weight is 311 g/mol. The molecule has 3 aromatic rings. The average Bonchev–Trinajstić information content (AvgIpc) is 3.24. The van der Waals surface area contributed by atoms with Gasteiger partial charge in [0.05, 0.1) is 11.4 Å². The second-order valence-electron chi connectivity index (χ2n) is 6.26. The van der Waals surface area contributed by atoms with Crippen LogP contribution in [0.15, 0.2) is 30.9 Å². The number of aromatic nitrogens is 6. The van der Waals surface area contributed by atoms with Crippen LogP contribution in [0.2, 0.25) is 0 Å². The number of piperidine rings is 1. The summed E-state index contributed by atoms with van der Waals surface area (Å²) in [4.78, 5) is 2.42. The molecular formula is C16H21N7. The minimum Gasteiger partial charge on any atom is -0.368 e. The van der Waals surface area contributed by atoms with E-state index in [9.17, 15) is 0 Å². The summed E-state index contributed by atoms with van der Waals surface area (Å²) in [5.41, 5.74) is 3.00. The van der Waals surface area contributed by atoms with Crippen molar-refractivity contribution in [3.05, 3.63) is 36.5 Å². The molecule has 0 unspecified atom stereocenters. The summed E-state index contributed by atoms with van der Waals surface area (Å²) >= 11 is 0. The molecule has 4 rings (SSSR count). The third-order valence-corrected chi connectivity index (χ3v) is 4.65. The predicted molar refractivity (Wildman–Crippen MR) is 87.3 cm³/mol. The first kappa shape index (κ1) is 14.2. The van der Waals surface area contributed by atoms with Crippen molar-refractivity contribution in [3.63, 3.8) is 0 Å². The molecule has 4 heterocycles. The fraction of sp³-hybridized carbons (Fsp3) is 0.500. The molecule has 120 valence electrons. The lowest BCUT2D eigenvalue weighted by Crippen LogP contribution is -2.34. The van der Waals surface area contributed by atoms with Gasteiger partial charge < -0.3 is 4.90 Å². The van der Waals surface area contributed by atoms with E-state index < -0.39 is 0 Å². The highest BCUT2D eigenvalue weighted by Gasteiger charge is 2.22. The smallest absolute Gasteiger partial charge is 0.200 e. The highest BCUT2D eigenvalue weighted by molar-refractivity contribution is 5.68. The van der Waals surface area contributed by atoms with Gasteiger partial charge in [-0.3, -0.25) is 4.68 Å². The first-order chi connectivity index (χ1) is 11.3. The largest absolute Gasteiger partial charge is 0.368 e. The first-order valence-corrected chi connectivity index (χ1v) is 8.19. The molecule has 0 spiro atoms. The van der Waals surface area contributed by atoms with E-state index in [1.165, 1.54) is 19.3 Å². The zero-order chi connectivity index (χ0) is 15.6. The van der Waals surface area contributed by atoms with Crippen LogP contribution >= 0.6 is 0 Å². The van der Waals surface area contributed by atoms with E-state index in [0.29, 0.717) is 0 Å². The Bertz CT molecular complexity index is 769. The number of fused-ring (bicyclic) bond motifs is 1. The molecule has 1 aliphatic rings. The maximum absolute atomic E-state index is 4.42. The third kappa shape index (κ3) is 2.91. The molecule has 0 atom stereocenters. The molecule has 1 saturated heterocycles. The maximum atomic E-state index is 4.42. The van der Waals surface area contributed by atoms with Crippen molar-refractivity contribution in [2.24, 2.45) is 5.92 Å². The van der Waals surface area contributed by atoms with E-state index in [-0.39, 0.29) is 0 Å². The van der Waals surface area contributed by atoms with Gasteiger partial charge in [-0.15, -0.1) is 10.2 Å². The molecule has 0 saturated carbocycles. The highest BCUT2D eigenvalue weighted by Crippen LogP contribution is 2.27. The minimum absolute atomic E-state index is 0.771. The lowest BCUT2D eigenvalue weighted by Gasteiger charge is -2.33. The zero-order valence-corrected chi connectivity index (χ0v) is 13.3. The Hall–Kier alpha value is -2.44. The van der Waals surface area contributed by atoms with Crippen molar-refractivity contribution in [2.75, 3.05) is 18.0 Å². The number of aryl methyl sites for hydroxylation is 2. The van der Waals surface area contributed by atoms with Gasteiger partial charge >= 0.3 is 0 Å². The summed E-state index contributed by atoms with van der Waals surface area (Å²) in [6.45, 7) is 5.16. The highest BCUT2D eigenvalue weighted by atomic mass is 15.4. The summed E-state index contributed by atoms with van der Waals surface area (Å²) in [5.74, 6) is 0.771. The van der Waals surface area contributed by atoms with Gasteiger partial charge in [0.15, 0.2) is 0 Å². The summed E-state index contributed by atoms with van der Waals surface area (Å²) in [6.07, 6.45) is 9.18. The SMILES string of the molecule is Cc1cc(N2CCC(CCn3cccn3)CC2)c2nncn2n1. The van der Waals surface area contributed by atoms with E-state index in [0.717, 1.165) is 42.6 Å². The Balaban J connectivity index is 1.41. The minimum atomic E-state index is 0.771. The number of anilines is 1. The lowest BCUT2D eigenvalue weighted by atomic mass is 9.93. The standard InChI is InChI=1S/C16H21N7/c1-13-11-15(16-19-17-12-23(16)20-13)21-8-3-14(4-9-21)5-10-22-7-2-6-18-22/h2,6-7,11-12,14H,3-5,8-10H2,1H3. The van der Waals surface area contributed by atoms with Gasteiger partial charge in [-0.05, 0) is 44.2 Å². The van der Waals surface area contributed by atoms with Crippen LogP contribution in [0, 0.1) is 12.8 Å². The summed E-state index contributed by atoms with van der Waals surface area (Å²) in [5, 5.41) is 16.9. The molecular weight excluding hydrogens is 290 g/mol. The zero-order valence-electron chi connectivity index (χ0n) is 13.3. The quantitative estimate of drug-likeness (QED) is 0.737. The van der Waals surface area contributed by atoms with Gasteiger partial charge in [-0.1, -0.05) is 0 Å². The van der Waals surface area contributed by atoms with Crippen LogP contribution in [-0.2, 0) is 6.54 Å². The van der Waals surface area contributed by atoms with Crippen molar-refractivity contribution in [1.82, 2.24) is 29.6 Å². The van der Waals surface area contributed by atoms with Crippen LogP contribution in [0.5, 0.6) is 0 Å². The molecule has 0 bridgehead atoms. The number of hydrogen-bond acceptors (Lipinski definition) is 5. The van der Waals surface area contributed by atoms with Crippen LogP contribution < -0.4 is 4.90 Å². The van der Waals surface area contributed by atoms with Crippen LogP contribution in [0.1, 0.15) is 25.0 Å². The van der Waals surface area contributed by atoms with Crippen molar-refractivity contribution >= 4 is 11.3 Å². The fourth-order valence-electron chi connectivity index (χ4n) is 3.38. The van der Waals surface area contributed by atoms with E-state index in [1.807, 2.05) is 30.1 Å². The third-order valence-electron chi connectivity index (χ3n) is 4.65. The summed E-state index contributed by atoms with van der Waals surface area (Å²) in [7, 11) is 0. The fourth-order valence-corrected chi connectivity index (χ4v) is 3.38. The van der Waals surface area contributed by atoms with Crippen LogP contribution in [0.25, 0.3) is 5.65 Å². The maximum Gasteiger partial charge on any atom is 0.200 e. The molecule has 7 nitrogen and oxygen atoms in total. The van der Waals surface area contributed by atoms with Gasteiger partial charge in [0.25, 0.3) is 0 Å². The normalized spacial score (nSPS) is 16.3. The molecule has 1 fully saturated rings. The van der Waals surface area contributed by atoms with Crippen molar-refractivity contribution in [3.8, 4) is 0 Å². The van der Waals surface area contributed by atoms with Crippen LogP contribution in [-0.4, -0.2) is 42.7 Å². The van der Waals surface area contributed by atoms with Crippen LogP contribution in [0.4, 0.5) is 5.69 Å². The molecule has 0 aromatic carbocycles. The van der Waals surface area contributed by atoms with Gasteiger partial charge in [0.2, 0.25) is 5.65 Å². The Morgan fingerprint density at radius 2 is 2.13 bits per heavy atom. The van der Waals surface area contributed by atoms with E-state index in [1.54, 1.807) is 10.8 Å². The van der Waals surface area contributed by atoms with Gasteiger partial charge in [0.1, 0.15) is 6.33 Å². The van der Waals surface area contributed by atoms with Crippen LogP contribution in [0.3, 0.4) is 0 Å². The molecule has 3 aromatic heterocycles. The second-order valence-corrected chi connectivity index (χ2v) is 6.26. The Kier molecular flexibility index (Phi) is 3.69. The van der Waals surface area contributed by atoms with E-state index in [2.05, 4.69) is 31.4 Å². The lowest BCUT2D eigenvalue weighted by molar-refractivity contribution is 0.354. The predicted octanol–water partition coefficient (Wildman–Crippen LogP) is 1.94. The monoisotopic (exact) mass is 311 g/mol. The first-order valence-electron chi connectivity index (χ1n) is 8.19. The van der Waals surface area contributed by atoms with Crippen molar-refractivity contribution < 1.29 is 0 Å². The molecule has 23 heavy (non-hydrogen) atoms. The second kappa shape index (κ2) is 5.98. The van der Waals surface area contributed by atoms with Gasteiger partial charge in [-0.2, -0.15) is 14.7 Å². The number of rotatable bonds is 4. The van der Waals surface area contributed by atoms with E-state index in [4.69, 9.17) is 0 Å². The Labute approximate surface area is 134 Å². The number of nitrogens with zero attached hydrogens (tertiary/aromatic N) is 7. The van der Waals surface area contributed by atoms with Gasteiger partial charge in [0, 0.05) is 32.0 Å². The topological polar surface area (TPSA) is 64.1 Å². The van der Waals surface area contributed by atoms with E-state index >= 15 is 0 Å². The summed E-state index contributed by atoms with van der Waals surface area (Å²) in [6, 6.07) is 4.10. The molecule has 7 heteroatoms. The van der Waals surface area contributed by atoms with Gasteiger partial charge in [-0.25, -0.2) is 0 Å². The Morgan fingerprint density at radius 1 is 1.26 bits per heavy atom. The number of hydrogen-bond donors (Lipinski definition) is 0. The van der Waals surface area contributed by atoms with Crippen molar-refractivity contribution in [2.45, 2.75) is 32.7 Å². The molecule has 0 N–H and O–H groups in total. The van der Waals surface area contributed by atoms with Crippen molar-refractivity contribution in [1.29, 1.82) is 0 Å². The summed E-state index contributed by atoms with van der Waals surface area (Å²) < 4.78 is 3.80. The Morgan fingerprint density at radius 3 is 2.91 bits per heavy atom. The molecule has 1 aliphatic heterocycles. The molecule has 0 amide bonds. The molecule has 0 aliphatic carbocycles.